The molecule has 8 nitrogen and oxygen atoms in total. The molecule has 9 heteroatoms. The van der Waals surface area contributed by atoms with E-state index in [1.165, 1.54) is 6.92 Å². The first-order chi connectivity index (χ1) is 17.8. The number of nitrogens with zero attached hydrogens (tertiary/aromatic N) is 2. The van der Waals surface area contributed by atoms with Gasteiger partial charge < -0.3 is 25.1 Å². The van der Waals surface area contributed by atoms with Crippen LogP contribution in [0.2, 0.25) is 0 Å². The second-order valence-electron chi connectivity index (χ2n) is 8.76. The van der Waals surface area contributed by atoms with Crippen molar-refractivity contribution >= 4 is 40.6 Å². The van der Waals surface area contributed by atoms with Crippen molar-refractivity contribution in [2.75, 3.05) is 10.2 Å². The largest absolute Gasteiger partial charge is 0.478 e. The summed E-state index contributed by atoms with van der Waals surface area (Å²) in [6, 6.07) is 21.3. The number of furan rings is 1. The van der Waals surface area contributed by atoms with Crippen LogP contribution in [0.15, 0.2) is 83.4 Å². The summed E-state index contributed by atoms with van der Waals surface area (Å²) in [6.45, 7) is 3.32. The molecule has 4 aromatic rings. The second kappa shape index (κ2) is 9.87. The van der Waals surface area contributed by atoms with Gasteiger partial charge in [-0.3, -0.25) is 9.78 Å². The Balaban J connectivity index is 1.55. The Labute approximate surface area is 219 Å². The fourth-order valence-corrected chi connectivity index (χ4v) is 4.91. The molecule has 1 aliphatic rings. The van der Waals surface area contributed by atoms with Crippen molar-refractivity contribution < 1.29 is 19.1 Å². The number of carboxylic acids is 1. The molecule has 2 atom stereocenters. The number of carbonyl (C=O) groups is 2. The summed E-state index contributed by atoms with van der Waals surface area (Å²) in [5, 5.41) is 16.0. The van der Waals surface area contributed by atoms with Crippen molar-refractivity contribution in [3.8, 4) is 11.3 Å². The lowest BCUT2D eigenvalue weighted by Crippen LogP contribution is -2.29. The van der Waals surface area contributed by atoms with Gasteiger partial charge in [0.2, 0.25) is 5.91 Å². The minimum absolute atomic E-state index is 0.144. The molecule has 0 radical (unpaired) electrons. The van der Waals surface area contributed by atoms with Crippen LogP contribution in [0.5, 0.6) is 0 Å². The van der Waals surface area contributed by atoms with Crippen LogP contribution in [-0.2, 0) is 4.79 Å². The van der Waals surface area contributed by atoms with E-state index in [1.54, 1.807) is 24.4 Å². The van der Waals surface area contributed by atoms with E-state index in [0.29, 0.717) is 22.3 Å². The summed E-state index contributed by atoms with van der Waals surface area (Å²) >= 11 is 5.76. The van der Waals surface area contributed by atoms with Crippen LogP contribution in [-0.4, -0.2) is 27.1 Å². The molecule has 0 unspecified atom stereocenters. The molecule has 37 heavy (non-hydrogen) atoms. The van der Waals surface area contributed by atoms with Crippen LogP contribution in [0.25, 0.3) is 11.3 Å². The summed E-state index contributed by atoms with van der Waals surface area (Å²) in [5.74, 6) is 0.182. The molecule has 3 N–H and O–H groups in total. The number of anilines is 2. The fourth-order valence-electron chi connectivity index (χ4n) is 4.56. The van der Waals surface area contributed by atoms with Gasteiger partial charge in [0.1, 0.15) is 17.6 Å². The average molecular weight is 513 g/mol. The number of carboxylic acid groups (broad SMARTS) is 1. The zero-order chi connectivity index (χ0) is 26.1. The highest BCUT2D eigenvalue weighted by atomic mass is 32.1. The van der Waals surface area contributed by atoms with Crippen molar-refractivity contribution in [2.24, 2.45) is 0 Å². The Hall–Kier alpha value is -4.50. The van der Waals surface area contributed by atoms with Gasteiger partial charge in [-0.25, -0.2) is 4.79 Å². The number of rotatable bonds is 6. The maximum absolute atomic E-state index is 11.4. The first-order valence-electron chi connectivity index (χ1n) is 11.6. The summed E-state index contributed by atoms with van der Waals surface area (Å²) in [7, 11) is 0. The number of hydrogen-bond donors (Lipinski definition) is 3. The van der Waals surface area contributed by atoms with E-state index >= 15 is 0 Å². The zero-order valence-corrected chi connectivity index (χ0v) is 21.0. The lowest BCUT2D eigenvalue weighted by Gasteiger charge is -2.26. The molecular weight excluding hydrogens is 488 g/mol. The predicted octanol–water partition coefficient (Wildman–Crippen LogP) is 5.48. The number of aromatic nitrogens is 1. The number of aryl methyl sites for hydroxylation is 1. The van der Waals surface area contributed by atoms with E-state index in [1.807, 2.05) is 66.4 Å². The van der Waals surface area contributed by atoms with Crippen LogP contribution in [0.4, 0.5) is 11.4 Å². The lowest BCUT2D eigenvalue weighted by atomic mass is 10.0. The quantitative estimate of drug-likeness (QED) is 0.291. The van der Waals surface area contributed by atoms with E-state index in [-0.39, 0.29) is 23.6 Å². The highest BCUT2D eigenvalue weighted by Crippen LogP contribution is 2.43. The molecule has 1 amide bonds. The summed E-state index contributed by atoms with van der Waals surface area (Å²) in [5.41, 5.74) is 4.16. The molecule has 5 rings (SSSR count). The third kappa shape index (κ3) is 4.81. The normalized spacial score (nSPS) is 16.9. The molecule has 186 valence electrons. The standard InChI is InChI=1S/C28H24N4O4S/c1-16-15-18(27(34)35)6-11-21(16)23-12-13-24(36-23)26-25(22-5-3-4-14-29-22)31-28(37)32(26)20-9-7-19(8-10-20)30-17(2)33/h3-15,25-26H,1-2H3,(H,30,33)(H,31,37)(H,34,35)/t25-,26-/m1/s1. The second-order valence-corrected chi connectivity index (χ2v) is 9.15. The van der Waals surface area contributed by atoms with Gasteiger partial charge in [0.15, 0.2) is 5.11 Å². The molecule has 0 bridgehead atoms. The van der Waals surface area contributed by atoms with Gasteiger partial charge in [0.25, 0.3) is 0 Å². The van der Waals surface area contributed by atoms with Gasteiger partial charge in [-0.2, -0.15) is 0 Å². The van der Waals surface area contributed by atoms with E-state index in [9.17, 15) is 14.7 Å². The molecule has 1 fully saturated rings. The van der Waals surface area contributed by atoms with Gasteiger partial charge in [0, 0.05) is 30.1 Å². The Morgan fingerprint density at radius 1 is 1.08 bits per heavy atom. The third-order valence-corrected chi connectivity index (χ3v) is 6.54. The van der Waals surface area contributed by atoms with Gasteiger partial charge in [-0.05, 0) is 85.4 Å². The molecule has 3 heterocycles. The first-order valence-corrected chi connectivity index (χ1v) is 12.0. The highest BCUT2D eigenvalue weighted by molar-refractivity contribution is 7.80. The Morgan fingerprint density at radius 2 is 1.86 bits per heavy atom. The number of pyridine rings is 1. The number of carbonyl (C=O) groups excluding carboxylic acids is 1. The van der Waals surface area contributed by atoms with Crippen LogP contribution >= 0.6 is 12.2 Å². The average Bonchev–Trinajstić information content (AvgIpc) is 3.49. The Kier molecular flexibility index (Phi) is 6.45. The number of thiocarbonyl (C=S) groups is 1. The highest BCUT2D eigenvalue weighted by Gasteiger charge is 2.42. The summed E-state index contributed by atoms with van der Waals surface area (Å²) in [4.78, 5) is 29.3. The Morgan fingerprint density at radius 3 is 2.51 bits per heavy atom. The molecule has 0 spiro atoms. The SMILES string of the molecule is CC(=O)Nc1ccc(N2C(=S)N[C@H](c3ccccn3)[C@H]2c2ccc(-c3ccc(C(=O)O)cc3C)o2)cc1. The van der Waals surface area contributed by atoms with Gasteiger partial charge in [0.05, 0.1) is 17.3 Å². The lowest BCUT2D eigenvalue weighted by molar-refractivity contribution is -0.114. The van der Waals surface area contributed by atoms with Crippen molar-refractivity contribution in [3.05, 3.63) is 102 Å². The topological polar surface area (TPSA) is 108 Å². The van der Waals surface area contributed by atoms with E-state index in [4.69, 9.17) is 16.6 Å². The van der Waals surface area contributed by atoms with E-state index in [0.717, 1.165) is 22.5 Å². The maximum Gasteiger partial charge on any atom is 0.335 e. The van der Waals surface area contributed by atoms with Crippen LogP contribution in [0.1, 0.15) is 46.4 Å². The van der Waals surface area contributed by atoms with Crippen molar-refractivity contribution in [2.45, 2.75) is 25.9 Å². The van der Waals surface area contributed by atoms with Crippen LogP contribution < -0.4 is 15.5 Å². The molecule has 1 aliphatic heterocycles. The van der Waals surface area contributed by atoms with Crippen molar-refractivity contribution in [1.82, 2.24) is 10.3 Å². The smallest absolute Gasteiger partial charge is 0.335 e. The molecular formula is C28H24N4O4S. The first kappa shape index (κ1) is 24.2. The Bertz CT molecular complexity index is 1480. The van der Waals surface area contributed by atoms with Gasteiger partial charge in [-0.15, -0.1) is 0 Å². The summed E-state index contributed by atoms with van der Waals surface area (Å²) in [6.07, 6.45) is 1.74. The van der Waals surface area contributed by atoms with Crippen molar-refractivity contribution in [1.29, 1.82) is 0 Å². The third-order valence-electron chi connectivity index (χ3n) is 6.22. The summed E-state index contributed by atoms with van der Waals surface area (Å²) < 4.78 is 6.39. The fraction of sp³-hybridized carbons (Fsp3) is 0.143. The minimum atomic E-state index is -0.973. The number of benzene rings is 2. The number of aromatic carboxylic acids is 1. The number of nitrogens with one attached hydrogen (secondary N) is 2. The molecule has 1 saturated heterocycles. The molecule has 2 aromatic heterocycles. The monoisotopic (exact) mass is 512 g/mol. The van der Waals surface area contributed by atoms with Crippen LogP contribution in [0.3, 0.4) is 0 Å². The van der Waals surface area contributed by atoms with Gasteiger partial charge in [-0.1, -0.05) is 12.1 Å². The van der Waals surface area contributed by atoms with E-state index in [2.05, 4.69) is 15.6 Å². The maximum atomic E-state index is 11.4. The molecule has 0 aliphatic carbocycles. The zero-order valence-electron chi connectivity index (χ0n) is 20.1. The number of hydrogen-bond acceptors (Lipinski definition) is 5. The minimum Gasteiger partial charge on any atom is -0.478 e. The molecule has 0 saturated carbocycles. The van der Waals surface area contributed by atoms with Crippen molar-refractivity contribution in [3.63, 3.8) is 0 Å². The van der Waals surface area contributed by atoms with Crippen LogP contribution in [0, 0.1) is 6.92 Å². The van der Waals surface area contributed by atoms with Gasteiger partial charge >= 0.3 is 5.97 Å². The number of amides is 1. The molecule has 2 aromatic carbocycles. The van der Waals surface area contributed by atoms with E-state index < -0.39 is 5.97 Å². The predicted molar refractivity (Wildman–Crippen MR) is 145 cm³/mol.